The Hall–Kier alpha value is -3.40. The molecule has 1 aromatic carbocycles. The van der Waals surface area contributed by atoms with E-state index >= 15 is 0 Å². The number of carbonyl (C=O) groups excluding carboxylic acids is 1. The molecule has 0 unspecified atom stereocenters. The number of cyclic esters (lactones) is 1. The van der Waals surface area contributed by atoms with Gasteiger partial charge in [0.2, 0.25) is 11.9 Å². The zero-order chi connectivity index (χ0) is 23.0. The molecule has 32 heavy (non-hydrogen) atoms. The second kappa shape index (κ2) is 8.62. The van der Waals surface area contributed by atoms with Gasteiger partial charge in [0.05, 0.1) is 29.7 Å². The molecule has 0 aliphatic carbocycles. The molecule has 3 heterocycles. The third-order valence-corrected chi connectivity index (χ3v) is 5.70. The minimum absolute atomic E-state index is 0.162. The summed E-state index contributed by atoms with van der Waals surface area (Å²) < 4.78 is 10.4. The SMILES string of the molecule is COc1cc2[nH]c(=O)c([C@@H](C)Nc3ncnc(N4C(=O)OC[C@@H]4C(C)C)n3)cc2cc1Cl. The van der Waals surface area contributed by atoms with Crippen molar-refractivity contribution < 1.29 is 14.3 Å². The van der Waals surface area contributed by atoms with Gasteiger partial charge < -0.3 is 19.8 Å². The molecule has 2 aromatic heterocycles. The third kappa shape index (κ3) is 4.05. The summed E-state index contributed by atoms with van der Waals surface area (Å²) in [4.78, 5) is 41.8. The monoisotopic (exact) mass is 458 g/mol. The molecule has 0 saturated carbocycles. The van der Waals surface area contributed by atoms with E-state index in [9.17, 15) is 9.59 Å². The molecule has 0 radical (unpaired) electrons. The Balaban J connectivity index is 1.62. The Morgan fingerprint density at radius 2 is 2.03 bits per heavy atom. The molecule has 2 atom stereocenters. The Morgan fingerprint density at radius 1 is 1.25 bits per heavy atom. The Kier molecular flexibility index (Phi) is 5.88. The number of nitrogens with zero attached hydrogens (tertiary/aromatic N) is 4. The zero-order valence-electron chi connectivity index (χ0n) is 18.0. The molecule has 168 valence electrons. The van der Waals surface area contributed by atoms with Crippen LogP contribution in [0.1, 0.15) is 32.4 Å². The molecular formula is C21H23ClN6O4. The van der Waals surface area contributed by atoms with Gasteiger partial charge in [0.15, 0.2) is 0 Å². The number of benzene rings is 1. The topological polar surface area (TPSA) is 122 Å². The Morgan fingerprint density at radius 3 is 2.75 bits per heavy atom. The highest BCUT2D eigenvalue weighted by Crippen LogP contribution is 2.30. The van der Waals surface area contributed by atoms with E-state index in [1.54, 1.807) is 18.2 Å². The van der Waals surface area contributed by atoms with Gasteiger partial charge in [-0.05, 0) is 25.0 Å². The predicted octanol–water partition coefficient (Wildman–Crippen LogP) is 3.53. The molecule has 4 rings (SSSR count). The molecular weight excluding hydrogens is 436 g/mol. The summed E-state index contributed by atoms with van der Waals surface area (Å²) in [7, 11) is 1.51. The maximum atomic E-state index is 12.7. The fourth-order valence-corrected chi connectivity index (χ4v) is 3.85. The Labute approximate surface area is 188 Å². The number of hydrogen-bond acceptors (Lipinski definition) is 8. The van der Waals surface area contributed by atoms with Crippen LogP contribution in [0, 0.1) is 5.92 Å². The zero-order valence-corrected chi connectivity index (χ0v) is 18.8. The number of fused-ring (bicyclic) bond motifs is 1. The second-order valence-corrected chi connectivity index (χ2v) is 8.27. The second-order valence-electron chi connectivity index (χ2n) is 7.86. The predicted molar refractivity (Wildman–Crippen MR) is 120 cm³/mol. The highest BCUT2D eigenvalue weighted by molar-refractivity contribution is 6.32. The quantitative estimate of drug-likeness (QED) is 0.575. The number of hydrogen-bond donors (Lipinski definition) is 2. The van der Waals surface area contributed by atoms with Crippen molar-refractivity contribution in [2.75, 3.05) is 23.9 Å². The summed E-state index contributed by atoms with van der Waals surface area (Å²) >= 11 is 6.23. The van der Waals surface area contributed by atoms with Gasteiger partial charge in [0.1, 0.15) is 18.7 Å². The van der Waals surface area contributed by atoms with Crippen molar-refractivity contribution in [2.24, 2.45) is 5.92 Å². The van der Waals surface area contributed by atoms with Gasteiger partial charge in [0, 0.05) is 17.0 Å². The minimum atomic E-state index is -0.493. The van der Waals surface area contributed by atoms with Crippen molar-refractivity contribution in [1.82, 2.24) is 19.9 Å². The van der Waals surface area contributed by atoms with E-state index in [1.165, 1.54) is 18.3 Å². The van der Waals surface area contributed by atoms with E-state index in [0.717, 1.165) is 5.39 Å². The molecule has 1 aliphatic heterocycles. The van der Waals surface area contributed by atoms with Crippen molar-refractivity contribution in [3.63, 3.8) is 0 Å². The molecule has 1 aliphatic rings. The summed E-state index contributed by atoms with van der Waals surface area (Å²) in [6, 6.07) is 4.56. The summed E-state index contributed by atoms with van der Waals surface area (Å²) in [6.07, 6.45) is 0.823. The van der Waals surface area contributed by atoms with Crippen molar-refractivity contribution in [3.05, 3.63) is 45.5 Å². The van der Waals surface area contributed by atoms with Crippen LogP contribution >= 0.6 is 11.6 Å². The average Bonchev–Trinajstić information content (AvgIpc) is 3.15. The number of rotatable bonds is 6. The van der Waals surface area contributed by atoms with Crippen LogP contribution in [-0.4, -0.2) is 45.8 Å². The molecule has 2 N–H and O–H groups in total. The molecule has 0 bridgehead atoms. The van der Waals surface area contributed by atoms with Crippen LogP contribution in [0.15, 0.2) is 29.3 Å². The van der Waals surface area contributed by atoms with Crippen molar-refractivity contribution >= 4 is 40.5 Å². The number of halogens is 1. The standard InChI is InChI=1S/C21H23ClN6O4/c1-10(2)16-8-32-21(30)28(16)20-24-9-23-19(27-20)25-11(3)13-5-12-6-14(22)17(31-4)7-15(12)26-18(13)29/h5-7,9-11,16H,8H2,1-4H3,(H,26,29)(H,23,24,25,27)/t11-,16-/m1/s1. The number of aromatic amines is 1. The lowest BCUT2D eigenvalue weighted by molar-refractivity contribution is 0.177. The average molecular weight is 459 g/mol. The smallest absolute Gasteiger partial charge is 0.417 e. The fraction of sp³-hybridized carbons (Fsp3) is 0.381. The first kappa shape index (κ1) is 21.8. The summed E-state index contributed by atoms with van der Waals surface area (Å²) in [5.41, 5.74) is 0.822. The van der Waals surface area contributed by atoms with Crippen LogP contribution in [0.3, 0.4) is 0 Å². The van der Waals surface area contributed by atoms with Crippen LogP contribution in [0.5, 0.6) is 5.75 Å². The van der Waals surface area contributed by atoms with E-state index in [1.807, 2.05) is 20.8 Å². The lowest BCUT2D eigenvalue weighted by Crippen LogP contribution is -2.38. The molecule has 0 spiro atoms. The van der Waals surface area contributed by atoms with Crippen molar-refractivity contribution in [1.29, 1.82) is 0 Å². The maximum Gasteiger partial charge on any atom is 0.417 e. The van der Waals surface area contributed by atoms with Gasteiger partial charge in [-0.1, -0.05) is 25.4 Å². The number of pyridine rings is 1. The fourth-order valence-electron chi connectivity index (χ4n) is 3.60. The number of aromatic nitrogens is 4. The number of carbonyl (C=O) groups is 1. The highest BCUT2D eigenvalue weighted by atomic mass is 35.5. The van der Waals surface area contributed by atoms with Gasteiger partial charge in [-0.2, -0.15) is 4.98 Å². The third-order valence-electron chi connectivity index (χ3n) is 5.41. The molecule has 1 saturated heterocycles. The molecule has 3 aromatic rings. The van der Waals surface area contributed by atoms with Crippen LogP contribution in [0.25, 0.3) is 10.9 Å². The van der Waals surface area contributed by atoms with Crippen molar-refractivity contribution in [2.45, 2.75) is 32.9 Å². The van der Waals surface area contributed by atoms with E-state index < -0.39 is 12.1 Å². The van der Waals surface area contributed by atoms with Crippen LogP contribution in [-0.2, 0) is 4.74 Å². The van der Waals surface area contributed by atoms with Crippen LogP contribution in [0.2, 0.25) is 5.02 Å². The summed E-state index contributed by atoms with van der Waals surface area (Å²) in [6.45, 7) is 6.08. The van der Waals surface area contributed by atoms with Crippen molar-refractivity contribution in [3.8, 4) is 5.75 Å². The highest BCUT2D eigenvalue weighted by Gasteiger charge is 2.38. The first-order valence-electron chi connectivity index (χ1n) is 10.1. The molecule has 11 heteroatoms. The normalized spacial score (nSPS) is 17.0. The lowest BCUT2D eigenvalue weighted by atomic mass is 10.1. The van der Waals surface area contributed by atoms with Crippen LogP contribution in [0.4, 0.5) is 16.7 Å². The van der Waals surface area contributed by atoms with Gasteiger partial charge in [-0.3, -0.25) is 4.79 Å². The van der Waals surface area contributed by atoms with E-state index in [2.05, 4.69) is 25.3 Å². The van der Waals surface area contributed by atoms with Gasteiger partial charge in [0.25, 0.3) is 5.56 Å². The summed E-state index contributed by atoms with van der Waals surface area (Å²) in [5.74, 6) is 1.07. The number of nitrogens with one attached hydrogen (secondary N) is 2. The van der Waals surface area contributed by atoms with E-state index in [4.69, 9.17) is 21.1 Å². The molecule has 1 fully saturated rings. The minimum Gasteiger partial charge on any atom is -0.495 e. The van der Waals surface area contributed by atoms with E-state index in [0.29, 0.717) is 21.9 Å². The van der Waals surface area contributed by atoms with Crippen LogP contribution < -0.4 is 20.5 Å². The number of methoxy groups -OCH3 is 1. The largest absolute Gasteiger partial charge is 0.495 e. The molecule has 10 nitrogen and oxygen atoms in total. The van der Waals surface area contributed by atoms with Gasteiger partial charge in [-0.15, -0.1) is 0 Å². The number of amides is 1. The first-order valence-corrected chi connectivity index (χ1v) is 10.5. The lowest BCUT2D eigenvalue weighted by Gasteiger charge is -2.22. The van der Waals surface area contributed by atoms with Gasteiger partial charge in [-0.25, -0.2) is 19.7 Å². The Bertz CT molecular complexity index is 1230. The van der Waals surface area contributed by atoms with Gasteiger partial charge >= 0.3 is 6.09 Å². The number of ether oxygens (including phenoxy) is 2. The number of H-pyrrole nitrogens is 1. The maximum absolute atomic E-state index is 12.7. The van der Waals surface area contributed by atoms with E-state index in [-0.39, 0.29) is 36.0 Å². The first-order chi connectivity index (χ1) is 15.3. The summed E-state index contributed by atoms with van der Waals surface area (Å²) in [5, 5.41) is 4.31. The number of anilines is 2. The molecule has 1 amide bonds.